The van der Waals surface area contributed by atoms with Crippen molar-refractivity contribution in [3.05, 3.63) is 52.6 Å². The molecule has 1 heterocycles. The highest BCUT2D eigenvalue weighted by atomic mass is 19.1. The van der Waals surface area contributed by atoms with E-state index >= 15 is 0 Å². The standard InChI is InChI=1S/C15H17FN2O/c1-3-14-13(10-19)15(4-2)18(17-14)9-11-5-7-12(16)8-6-11/h5-8,10H,3-4,9H2,1-2H3. The van der Waals surface area contributed by atoms with E-state index in [-0.39, 0.29) is 5.82 Å². The molecule has 19 heavy (non-hydrogen) atoms. The van der Waals surface area contributed by atoms with Crippen LogP contribution in [0.5, 0.6) is 0 Å². The second kappa shape index (κ2) is 5.78. The number of benzene rings is 1. The molecule has 3 nitrogen and oxygen atoms in total. The molecule has 0 fully saturated rings. The summed E-state index contributed by atoms with van der Waals surface area (Å²) < 4.78 is 14.7. The van der Waals surface area contributed by atoms with Crippen molar-refractivity contribution in [1.29, 1.82) is 0 Å². The van der Waals surface area contributed by atoms with E-state index in [1.807, 2.05) is 18.5 Å². The Morgan fingerprint density at radius 3 is 2.42 bits per heavy atom. The smallest absolute Gasteiger partial charge is 0.153 e. The van der Waals surface area contributed by atoms with Crippen molar-refractivity contribution < 1.29 is 9.18 Å². The van der Waals surface area contributed by atoms with Crippen LogP contribution in [0.3, 0.4) is 0 Å². The molecule has 0 N–H and O–H groups in total. The van der Waals surface area contributed by atoms with Gasteiger partial charge in [-0.25, -0.2) is 4.39 Å². The number of aldehydes is 1. The summed E-state index contributed by atoms with van der Waals surface area (Å²) in [5.74, 6) is -0.247. The molecule has 0 radical (unpaired) electrons. The molecule has 4 heteroatoms. The van der Waals surface area contributed by atoms with Crippen molar-refractivity contribution >= 4 is 6.29 Å². The molecule has 0 atom stereocenters. The Balaban J connectivity index is 2.36. The second-order valence-corrected chi connectivity index (χ2v) is 4.42. The van der Waals surface area contributed by atoms with Crippen LogP contribution in [0.15, 0.2) is 24.3 Å². The first-order chi connectivity index (χ1) is 9.19. The van der Waals surface area contributed by atoms with Gasteiger partial charge in [-0.05, 0) is 30.5 Å². The lowest BCUT2D eigenvalue weighted by Gasteiger charge is -2.06. The fourth-order valence-corrected chi connectivity index (χ4v) is 2.23. The molecule has 0 bridgehead atoms. The maximum atomic E-state index is 12.9. The van der Waals surface area contributed by atoms with Crippen LogP contribution in [-0.4, -0.2) is 16.1 Å². The largest absolute Gasteiger partial charge is 0.298 e. The average molecular weight is 260 g/mol. The van der Waals surface area contributed by atoms with Crippen molar-refractivity contribution in [2.45, 2.75) is 33.2 Å². The maximum Gasteiger partial charge on any atom is 0.153 e. The first-order valence-electron chi connectivity index (χ1n) is 6.47. The Kier molecular flexibility index (Phi) is 4.10. The van der Waals surface area contributed by atoms with Crippen LogP contribution in [0.4, 0.5) is 4.39 Å². The Morgan fingerprint density at radius 1 is 1.21 bits per heavy atom. The molecule has 2 aromatic rings. The van der Waals surface area contributed by atoms with Crippen LogP contribution in [0.2, 0.25) is 0 Å². The summed E-state index contributed by atoms with van der Waals surface area (Å²) in [4.78, 5) is 11.2. The van der Waals surface area contributed by atoms with Crippen LogP contribution in [0.25, 0.3) is 0 Å². The lowest BCUT2D eigenvalue weighted by Crippen LogP contribution is -2.06. The molecule has 2 rings (SSSR count). The van der Waals surface area contributed by atoms with Gasteiger partial charge in [-0.3, -0.25) is 9.48 Å². The van der Waals surface area contributed by atoms with Crippen molar-refractivity contribution in [2.24, 2.45) is 0 Å². The van der Waals surface area contributed by atoms with Crippen LogP contribution >= 0.6 is 0 Å². The van der Waals surface area contributed by atoms with Gasteiger partial charge in [-0.1, -0.05) is 26.0 Å². The maximum absolute atomic E-state index is 12.9. The minimum Gasteiger partial charge on any atom is -0.298 e. The number of aryl methyl sites for hydroxylation is 1. The highest BCUT2D eigenvalue weighted by molar-refractivity contribution is 5.78. The first-order valence-corrected chi connectivity index (χ1v) is 6.47. The molecule has 100 valence electrons. The molecule has 0 aliphatic rings. The molecular formula is C15H17FN2O. The number of hydrogen-bond acceptors (Lipinski definition) is 2. The van der Waals surface area contributed by atoms with Gasteiger partial charge in [0.05, 0.1) is 17.8 Å². The normalized spacial score (nSPS) is 10.7. The third-order valence-electron chi connectivity index (χ3n) is 3.21. The molecule has 1 aromatic heterocycles. The summed E-state index contributed by atoms with van der Waals surface area (Å²) in [6, 6.07) is 6.35. The molecule has 0 unspecified atom stereocenters. The zero-order valence-corrected chi connectivity index (χ0v) is 11.2. The van der Waals surface area contributed by atoms with E-state index < -0.39 is 0 Å². The van der Waals surface area contributed by atoms with E-state index in [2.05, 4.69) is 5.10 Å². The number of halogens is 1. The predicted octanol–water partition coefficient (Wildman–Crippen LogP) is 3.01. The first kappa shape index (κ1) is 13.5. The van der Waals surface area contributed by atoms with Crippen LogP contribution in [0, 0.1) is 5.82 Å². The number of rotatable bonds is 5. The summed E-state index contributed by atoms with van der Waals surface area (Å²) in [7, 11) is 0. The highest BCUT2D eigenvalue weighted by Crippen LogP contribution is 2.16. The number of aromatic nitrogens is 2. The molecule has 1 aromatic carbocycles. The van der Waals surface area contributed by atoms with Gasteiger partial charge in [0.25, 0.3) is 0 Å². The minimum absolute atomic E-state index is 0.247. The molecule has 0 aliphatic heterocycles. The Hall–Kier alpha value is -1.97. The number of carbonyl (C=O) groups is 1. The minimum atomic E-state index is -0.247. The van der Waals surface area contributed by atoms with Gasteiger partial charge >= 0.3 is 0 Å². The van der Waals surface area contributed by atoms with Gasteiger partial charge in [-0.15, -0.1) is 0 Å². The zero-order chi connectivity index (χ0) is 13.8. The topological polar surface area (TPSA) is 34.9 Å². The zero-order valence-electron chi connectivity index (χ0n) is 11.2. The van der Waals surface area contributed by atoms with E-state index in [1.165, 1.54) is 12.1 Å². The Bertz CT molecular complexity index is 573. The van der Waals surface area contributed by atoms with E-state index in [0.717, 1.165) is 36.1 Å². The van der Waals surface area contributed by atoms with Crippen molar-refractivity contribution in [2.75, 3.05) is 0 Å². The summed E-state index contributed by atoms with van der Waals surface area (Å²) >= 11 is 0. The van der Waals surface area contributed by atoms with Crippen LogP contribution in [-0.2, 0) is 19.4 Å². The van der Waals surface area contributed by atoms with E-state index in [4.69, 9.17) is 0 Å². The molecule has 0 saturated carbocycles. The van der Waals surface area contributed by atoms with Crippen molar-refractivity contribution in [3.8, 4) is 0 Å². The number of carbonyl (C=O) groups excluding carboxylic acids is 1. The van der Waals surface area contributed by atoms with E-state index in [9.17, 15) is 9.18 Å². The van der Waals surface area contributed by atoms with Gasteiger partial charge in [0.2, 0.25) is 0 Å². The van der Waals surface area contributed by atoms with Gasteiger partial charge in [0.1, 0.15) is 5.82 Å². The summed E-state index contributed by atoms with van der Waals surface area (Å²) in [5.41, 5.74) is 3.44. The van der Waals surface area contributed by atoms with E-state index in [1.54, 1.807) is 12.1 Å². The Morgan fingerprint density at radius 2 is 1.89 bits per heavy atom. The van der Waals surface area contributed by atoms with Crippen LogP contribution < -0.4 is 0 Å². The Labute approximate surface area is 112 Å². The van der Waals surface area contributed by atoms with Crippen molar-refractivity contribution in [3.63, 3.8) is 0 Å². The monoisotopic (exact) mass is 260 g/mol. The van der Waals surface area contributed by atoms with Gasteiger partial charge in [0.15, 0.2) is 6.29 Å². The second-order valence-electron chi connectivity index (χ2n) is 4.42. The van der Waals surface area contributed by atoms with Crippen LogP contribution in [0.1, 0.15) is 41.2 Å². The summed E-state index contributed by atoms with van der Waals surface area (Å²) in [6.07, 6.45) is 2.37. The lowest BCUT2D eigenvalue weighted by atomic mass is 10.1. The molecule has 0 amide bonds. The third-order valence-corrected chi connectivity index (χ3v) is 3.21. The molecule has 0 aliphatic carbocycles. The average Bonchev–Trinajstić information content (AvgIpc) is 2.78. The molecular weight excluding hydrogens is 243 g/mol. The molecule has 0 saturated heterocycles. The predicted molar refractivity (Wildman–Crippen MR) is 71.9 cm³/mol. The molecule has 0 spiro atoms. The lowest BCUT2D eigenvalue weighted by molar-refractivity contribution is 0.112. The van der Waals surface area contributed by atoms with Crippen molar-refractivity contribution in [1.82, 2.24) is 9.78 Å². The van der Waals surface area contributed by atoms with Gasteiger partial charge in [0, 0.05) is 5.69 Å². The highest BCUT2D eigenvalue weighted by Gasteiger charge is 2.14. The number of nitrogens with zero attached hydrogens (tertiary/aromatic N) is 2. The SMILES string of the molecule is CCc1nn(Cc2ccc(F)cc2)c(CC)c1C=O. The third kappa shape index (κ3) is 2.72. The van der Waals surface area contributed by atoms with E-state index in [0.29, 0.717) is 12.1 Å². The fourth-order valence-electron chi connectivity index (χ4n) is 2.23. The summed E-state index contributed by atoms with van der Waals surface area (Å²) in [6.45, 7) is 4.55. The van der Waals surface area contributed by atoms with Gasteiger partial charge in [-0.2, -0.15) is 5.10 Å². The quantitative estimate of drug-likeness (QED) is 0.775. The number of hydrogen-bond donors (Lipinski definition) is 0. The van der Waals surface area contributed by atoms with Gasteiger partial charge < -0.3 is 0 Å². The summed E-state index contributed by atoms with van der Waals surface area (Å²) in [5, 5.41) is 4.48. The fraction of sp³-hybridized carbons (Fsp3) is 0.333.